The smallest absolute Gasteiger partial charge is 0.232 e. The van der Waals surface area contributed by atoms with Gasteiger partial charge in [0.1, 0.15) is 5.82 Å². The predicted octanol–water partition coefficient (Wildman–Crippen LogP) is 3.37. The number of benzene rings is 2. The molecule has 0 unspecified atom stereocenters. The van der Waals surface area contributed by atoms with Gasteiger partial charge >= 0.3 is 0 Å². The third-order valence-corrected chi connectivity index (χ3v) is 4.14. The number of nitrogens with zero attached hydrogens (tertiary/aromatic N) is 2. The van der Waals surface area contributed by atoms with Crippen molar-refractivity contribution in [3.63, 3.8) is 0 Å². The van der Waals surface area contributed by atoms with Crippen LogP contribution in [0.15, 0.2) is 60.7 Å². The van der Waals surface area contributed by atoms with Gasteiger partial charge in [0, 0.05) is 11.9 Å². The van der Waals surface area contributed by atoms with Crippen LogP contribution < -0.4 is 4.90 Å². The second-order valence-electron chi connectivity index (χ2n) is 5.62. The fourth-order valence-corrected chi connectivity index (χ4v) is 3.01. The minimum atomic E-state index is 0.118. The van der Waals surface area contributed by atoms with Crippen molar-refractivity contribution in [3.05, 3.63) is 71.8 Å². The van der Waals surface area contributed by atoms with E-state index in [2.05, 4.69) is 12.1 Å². The Bertz CT molecular complexity index is 842. The zero-order chi connectivity index (χ0) is 14.9. The molecule has 1 aliphatic heterocycles. The van der Waals surface area contributed by atoms with Crippen LogP contribution >= 0.6 is 0 Å². The molecule has 2 heterocycles. The van der Waals surface area contributed by atoms with Crippen LogP contribution in [0.1, 0.15) is 11.1 Å². The van der Waals surface area contributed by atoms with Crippen LogP contribution in [0.2, 0.25) is 0 Å². The number of rotatable bonds is 2. The normalized spacial score (nSPS) is 13.4. The summed E-state index contributed by atoms with van der Waals surface area (Å²) in [7, 11) is 0. The van der Waals surface area contributed by atoms with Crippen molar-refractivity contribution < 1.29 is 4.79 Å². The molecule has 3 heteroatoms. The van der Waals surface area contributed by atoms with Crippen molar-refractivity contribution in [2.24, 2.45) is 0 Å². The highest BCUT2D eigenvalue weighted by molar-refractivity contribution is 5.97. The van der Waals surface area contributed by atoms with Gasteiger partial charge in [-0.2, -0.15) is 0 Å². The summed E-state index contributed by atoms with van der Waals surface area (Å²) in [4.78, 5) is 19.1. The Kier molecular flexibility index (Phi) is 3.11. The molecule has 0 radical (unpaired) electrons. The largest absolute Gasteiger partial charge is 0.296 e. The van der Waals surface area contributed by atoms with E-state index < -0.39 is 0 Å². The SMILES string of the molecule is O=C(Cc1ccccc1)N1CCc2cc3ccccc3nc21. The van der Waals surface area contributed by atoms with Gasteiger partial charge in [0.25, 0.3) is 0 Å². The molecule has 1 aromatic heterocycles. The van der Waals surface area contributed by atoms with Gasteiger partial charge in [-0.3, -0.25) is 9.69 Å². The standard InChI is InChI=1S/C19H16N2O/c22-18(12-14-6-2-1-3-7-14)21-11-10-16-13-15-8-4-5-9-17(15)20-19(16)21/h1-9,13H,10-12H2. The van der Waals surface area contributed by atoms with Crippen molar-refractivity contribution in [2.75, 3.05) is 11.4 Å². The van der Waals surface area contributed by atoms with Gasteiger partial charge in [-0.1, -0.05) is 48.5 Å². The zero-order valence-corrected chi connectivity index (χ0v) is 12.2. The van der Waals surface area contributed by atoms with Crippen molar-refractivity contribution in [1.29, 1.82) is 0 Å². The highest BCUT2D eigenvalue weighted by Crippen LogP contribution is 2.29. The molecule has 0 spiro atoms. The van der Waals surface area contributed by atoms with E-state index in [4.69, 9.17) is 4.98 Å². The van der Waals surface area contributed by atoms with Gasteiger partial charge in [0.2, 0.25) is 5.91 Å². The van der Waals surface area contributed by atoms with Crippen LogP contribution in [-0.4, -0.2) is 17.4 Å². The van der Waals surface area contributed by atoms with E-state index in [0.29, 0.717) is 6.42 Å². The lowest BCUT2D eigenvalue weighted by Crippen LogP contribution is -2.30. The minimum absolute atomic E-state index is 0.118. The van der Waals surface area contributed by atoms with E-state index in [1.54, 1.807) is 0 Å². The van der Waals surface area contributed by atoms with E-state index in [1.807, 2.05) is 53.4 Å². The number of fused-ring (bicyclic) bond motifs is 2. The third-order valence-electron chi connectivity index (χ3n) is 4.14. The van der Waals surface area contributed by atoms with Gasteiger partial charge in [0.15, 0.2) is 0 Å². The number of pyridine rings is 1. The lowest BCUT2D eigenvalue weighted by Gasteiger charge is -2.16. The molecule has 0 atom stereocenters. The summed E-state index contributed by atoms with van der Waals surface area (Å²) >= 11 is 0. The number of aromatic nitrogens is 1. The van der Waals surface area contributed by atoms with Crippen LogP contribution in [0.4, 0.5) is 5.82 Å². The molecule has 0 aliphatic carbocycles. The molecule has 1 amide bonds. The molecule has 3 nitrogen and oxygen atoms in total. The van der Waals surface area contributed by atoms with Gasteiger partial charge in [-0.25, -0.2) is 4.98 Å². The van der Waals surface area contributed by atoms with E-state index in [0.717, 1.165) is 35.2 Å². The first-order valence-corrected chi connectivity index (χ1v) is 7.54. The Morgan fingerprint density at radius 3 is 2.68 bits per heavy atom. The number of hydrogen-bond donors (Lipinski definition) is 0. The molecule has 3 aromatic rings. The fraction of sp³-hybridized carbons (Fsp3) is 0.158. The van der Waals surface area contributed by atoms with Crippen molar-refractivity contribution in [1.82, 2.24) is 4.98 Å². The van der Waals surface area contributed by atoms with Crippen molar-refractivity contribution in [2.45, 2.75) is 12.8 Å². The molecule has 0 fully saturated rings. The van der Waals surface area contributed by atoms with Crippen LogP contribution in [-0.2, 0) is 17.6 Å². The molecule has 0 saturated carbocycles. The summed E-state index contributed by atoms with van der Waals surface area (Å²) in [5, 5.41) is 1.14. The van der Waals surface area contributed by atoms with E-state index >= 15 is 0 Å². The van der Waals surface area contributed by atoms with Crippen molar-refractivity contribution in [3.8, 4) is 0 Å². The topological polar surface area (TPSA) is 33.2 Å². The molecule has 22 heavy (non-hydrogen) atoms. The number of amides is 1. The van der Waals surface area contributed by atoms with Gasteiger partial charge in [-0.15, -0.1) is 0 Å². The molecule has 0 N–H and O–H groups in total. The second-order valence-corrected chi connectivity index (χ2v) is 5.62. The Morgan fingerprint density at radius 1 is 1.05 bits per heavy atom. The van der Waals surface area contributed by atoms with E-state index in [-0.39, 0.29) is 5.91 Å². The monoisotopic (exact) mass is 288 g/mol. The van der Waals surface area contributed by atoms with Gasteiger partial charge in [-0.05, 0) is 29.7 Å². The summed E-state index contributed by atoms with van der Waals surface area (Å²) in [6, 6.07) is 20.1. The summed E-state index contributed by atoms with van der Waals surface area (Å²) < 4.78 is 0. The fourth-order valence-electron chi connectivity index (χ4n) is 3.01. The van der Waals surface area contributed by atoms with Crippen LogP contribution in [0.3, 0.4) is 0 Å². The lowest BCUT2D eigenvalue weighted by atomic mass is 10.1. The Balaban J connectivity index is 1.66. The number of hydrogen-bond acceptors (Lipinski definition) is 2. The molecular formula is C19H16N2O. The zero-order valence-electron chi connectivity index (χ0n) is 12.2. The summed E-state index contributed by atoms with van der Waals surface area (Å²) in [6.45, 7) is 0.727. The van der Waals surface area contributed by atoms with E-state index in [9.17, 15) is 4.79 Å². The Hall–Kier alpha value is -2.68. The van der Waals surface area contributed by atoms with E-state index in [1.165, 1.54) is 5.56 Å². The number of para-hydroxylation sites is 1. The molecular weight excluding hydrogens is 272 g/mol. The number of carbonyl (C=O) groups excluding carboxylic acids is 1. The average molecular weight is 288 g/mol. The molecule has 0 bridgehead atoms. The van der Waals surface area contributed by atoms with Crippen LogP contribution in [0.5, 0.6) is 0 Å². The first-order valence-electron chi connectivity index (χ1n) is 7.54. The second kappa shape index (κ2) is 5.26. The quantitative estimate of drug-likeness (QED) is 0.724. The first kappa shape index (κ1) is 13.0. The molecule has 1 aliphatic rings. The summed E-state index contributed by atoms with van der Waals surface area (Å²) in [5.41, 5.74) is 3.16. The Morgan fingerprint density at radius 2 is 1.82 bits per heavy atom. The van der Waals surface area contributed by atoms with Gasteiger partial charge < -0.3 is 0 Å². The predicted molar refractivity (Wildman–Crippen MR) is 87.9 cm³/mol. The van der Waals surface area contributed by atoms with Crippen molar-refractivity contribution >= 4 is 22.6 Å². The maximum Gasteiger partial charge on any atom is 0.232 e. The maximum absolute atomic E-state index is 12.6. The minimum Gasteiger partial charge on any atom is -0.296 e. The Labute approximate surface area is 129 Å². The van der Waals surface area contributed by atoms with Crippen LogP contribution in [0.25, 0.3) is 10.9 Å². The highest BCUT2D eigenvalue weighted by Gasteiger charge is 2.26. The molecule has 0 saturated heterocycles. The number of anilines is 1. The first-order chi connectivity index (χ1) is 10.8. The molecule has 2 aromatic carbocycles. The summed E-state index contributed by atoms with van der Waals surface area (Å²) in [5.74, 6) is 0.951. The number of carbonyl (C=O) groups is 1. The van der Waals surface area contributed by atoms with Gasteiger partial charge in [0.05, 0.1) is 11.9 Å². The lowest BCUT2D eigenvalue weighted by molar-refractivity contribution is -0.117. The van der Waals surface area contributed by atoms with Crippen LogP contribution in [0, 0.1) is 0 Å². The summed E-state index contributed by atoms with van der Waals surface area (Å²) in [6.07, 6.45) is 1.31. The molecule has 108 valence electrons. The maximum atomic E-state index is 12.6. The third kappa shape index (κ3) is 2.25. The molecule has 4 rings (SSSR count). The highest BCUT2D eigenvalue weighted by atomic mass is 16.2. The average Bonchev–Trinajstić information content (AvgIpc) is 2.96.